The largest absolute Gasteiger partial charge is 0.396 e. The molecule has 1 fully saturated rings. The quantitative estimate of drug-likeness (QED) is 0.883. The van der Waals surface area contributed by atoms with Gasteiger partial charge in [-0.1, -0.05) is 0 Å². The molecule has 2 heterocycles. The Labute approximate surface area is 120 Å². The molecule has 1 aliphatic heterocycles. The Kier molecular flexibility index (Phi) is 4.95. The first-order chi connectivity index (χ1) is 9.69. The smallest absolute Gasteiger partial charge is 0.255 e. The van der Waals surface area contributed by atoms with Gasteiger partial charge in [-0.15, -0.1) is 0 Å². The maximum Gasteiger partial charge on any atom is 0.255 e. The van der Waals surface area contributed by atoms with Crippen LogP contribution in [0.15, 0.2) is 18.3 Å². The Bertz CT molecular complexity index is 443. The molecule has 1 aromatic heterocycles. The standard InChI is InChI=1S/C15H23N3O2/c1-3-17(4-2)14-6-5-13(9-16-14)15(20)18-8-7-12(10-18)11-19/h5-6,9,12,19H,3-4,7-8,10-11H2,1-2H3. The number of anilines is 1. The molecule has 5 nitrogen and oxygen atoms in total. The third kappa shape index (κ3) is 3.10. The van der Waals surface area contributed by atoms with Crippen LogP contribution < -0.4 is 4.90 Å². The zero-order chi connectivity index (χ0) is 14.5. The van der Waals surface area contributed by atoms with Crippen LogP contribution in [-0.4, -0.2) is 53.7 Å². The summed E-state index contributed by atoms with van der Waals surface area (Å²) in [6.45, 7) is 7.51. The topological polar surface area (TPSA) is 56.7 Å². The molecular formula is C15H23N3O2. The highest BCUT2D eigenvalue weighted by Crippen LogP contribution is 2.19. The van der Waals surface area contributed by atoms with Crippen molar-refractivity contribution in [1.29, 1.82) is 0 Å². The van der Waals surface area contributed by atoms with Gasteiger partial charge in [0.25, 0.3) is 5.91 Å². The van der Waals surface area contributed by atoms with Crippen molar-refractivity contribution >= 4 is 11.7 Å². The lowest BCUT2D eigenvalue weighted by Crippen LogP contribution is -2.29. The molecule has 0 saturated carbocycles. The number of carbonyl (C=O) groups excluding carboxylic acids is 1. The third-order valence-corrected chi connectivity index (χ3v) is 3.91. The minimum Gasteiger partial charge on any atom is -0.396 e. The lowest BCUT2D eigenvalue weighted by atomic mass is 10.1. The number of hydrogen-bond acceptors (Lipinski definition) is 4. The van der Waals surface area contributed by atoms with E-state index in [1.54, 1.807) is 11.1 Å². The third-order valence-electron chi connectivity index (χ3n) is 3.91. The number of rotatable bonds is 5. The summed E-state index contributed by atoms with van der Waals surface area (Å²) in [4.78, 5) is 20.6. The second kappa shape index (κ2) is 6.70. The molecule has 1 unspecified atom stereocenters. The highest BCUT2D eigenvalue weighted by atomic mass is 16.3. The van der Waals surface area contributed by atoms with Gasteiger partial charge in [-0.05, 0) is 32.4 Å². The van der Waals surface area contributed by atoms with Gasteiger partial charge < -0.3 is 14.9 Å². The van der Waals surface area contributed by atoms with E-state index in [0.29, 0.717) is 12.1 Å². The molecular weight excluding hydrogens is 254 g/mol. The Hall–Kier alpha value is -1.62. The SMILES string of the molecule is CCN(CC)c1ccc(C(=O)N2CCC(CO)C2)cn1. The summed E-state index contributed by atoms with van der Waals surface area (Å²) in [6.07, 6.45) is 2.54. The number of likely N-dealkylation sites (tertiary alicyclic amines) is 1. The Morgan fingerprint density at radius 1 is 1.45 bits per heavy atom. The first-order valence-corrected chi connectivity index (χ1v) is 7.30. The minimum absolute atomic E-state index is 0.0135. The van der Waals surface area contributed by atoms with Gasteiger partial charge in [0.15, 0.2) is 0 Å². The molecule has 2 rings (SSSR count). The van der Waals surface area contributed by atoms with E-state index in [4.69, 9.17) is 5.11 Å². The summed E-state index contributed by atoms with van der Waals surface area (Å²) < 4.78 is 0. The van der Waals surface area contributed by atoms with Crippen LogP contribution in [0.25, 0.3) is 0 Å². The van der Waals surface area contributed by atoms with Crippen molar-refractivity contribution < 1.29 is 9.90 Å². The number of aliphatic hydroxyl groups excluding tert-OH is 1. The maximum absolute atomic E-state index is 12.3. The van der Waals surface area contributed by atoms with Gasteiger partial charge in [-0.3, -0.25) is 4.79 Å². The highest BCUT2D eigenvalue weighted by molar-refractivity contribution is 5.94. The van der Waals surface area contributed by atoms with Crippen LogP contribution in [0.2, 0.25) is 0 Å². The molecule has 1 saturated heterocycles. The van der Waals surface area contributed by atoms with E-state index in [1.807, 2.05) is 12.1 Å². The van der Waals surface area contributed by atoms with E-state index >= 15 is 0 Å². The maximum atomic E-state index is 12.3. The first kappa shape index (κ1) is 14.8. The average Bonchev–Trinajstić information content (AvgIpc) is 2.97. The molecule has 110 valence electrons. The zero-order valence-electron chi connectivity index (χ0n) is 12.2. The van der Waals surface area contributed by atoms with Crippen LogP contribution in [-0.2, 0) is 0 Å². The molecule has 0 radical (unpaired) electrons. The number of nitrogens with zero attached hydrogens (tertiary/aromatic N) is 3. The molecule has 5 heteroatoms. The van der Waals surface area contributed by atoms with Gasteiger partial charge >= 0.3 is 0 Å². The van der Waals surface area contributed by atoms with E-state index in [0.717, 1.165) is 31.9 Å². The normalized spacial score (nSPS) is 18.4. The zero-order valence-corrected chi connectivity index (χ0v) is 12.2. The van der Waals surface area contributed by atoms with Crippen molar-refractivity contribution in [1.82, 2.24) is 9.88 Å². The van der Waals surface area contributed by atoms with E-state index in [2.05, 4.69) is 23.7 Å². The van der Waals surface area contributed by atoms with Crippen molar-refractivity contribution in [3.8, 4) is 0 Å². The highest BCUT2D eigenvalue weighted by Gasteiger charge is 2.26. The number of hydrogen-bond donors (Lipinski definition) is 1. The Balaban J connectivity index is 2.04. The lowest BCUT2D eigenvalue weighted by molar-refractivity contribution is 0.0781. The summed E-state index contributed by atoms with van der Waals surface area (Å²) >= 11 is 0. The number of amides is 1. The summed E-state index contributed by atoms with van der Waals surface area (Å²) in [5.74, 6) is 1.14. The average molecular weight is 277 g/mol. The van der Waals surface area contributed by atoms with Crippen LogP contribution in [0, 0.1) is 5.92 Å². The van der Waals surface area contributed by atoms with E-state index in [1.165, 1.54) is 0 Å². The van der Waals surface area contributed by atoms with Gasteiger partial charge in [0, 0.05) is 44.9 Å². The van der Waals surface area contributed by atoms with E-state index < -0.39 is 0 Å². The number of carbonyl (C=O) groups is 1. The Morgan fingerprint density at radius 3 is 2.70 bits per heavy atom. The van der Waals surface area contributed by atoms with Gasteiger partial charge in [0.1, 0.15) is 5.82 Å². The molecule has 1 aromatic rings. The van der Waals surface area contributed by atoms with Crippen LogP contribution in [0.4, 0.5) is 5.82 Å². The van der Waals surface area contributed by atoms with Crippen molar-refractivity contribution in [3.05, 3.63) is 23.9 Å². The van der Waals surface area contributed by atoms with Crippen LogP contribution in [0.3, 0.4) is 0 Å². The van der Waals surface area contributed by atoms with Gasteiger partial charge in [0.05, 0.1) is 5.56 Å². The minimum atomic E-state index is 0.0135. The predicted octanol–water partition coefficient (Wildman–Crippen LogP) is 1.38. The molecule has 0 aliphatic carbocycles. The summed E-state index contributed by atoms with van der Waals surface area (Å²) in [6, 6.07) is 3.75. The second-order valence-electron chi connectivity index (χ2n) is 5.17. The molecule has 0 spiro atoms. The molecule has 1 N–H and O–H groups in total. The second-order valence-corrected chi connectivity index (χ2v) is 5.17. The van der Waals surface area contributed by atoms with Crippen molar-refractivity contribution in [2.75, 3.05) is 37.7 Å². The van der Waals surface area contributed by atoms with Crippen LogP contribution in [0.5, 0.6) is 0 Å². The number of aliphatic hydroxyl groups is 1. The summed E-state index contributed by atoms with van der Waals surface area (Å²) in [5, 5.41) is 9.13. The number of aromatic nitrogens is 1. The fourth-order valence-electron chi connectivity index (χ4n) is 2.60. The van der Waals surface area contributed by atoms with E-state index in [9.17, 15) is 4.79 Å². The molecule has 0 aromatic carbocycles. The first-order valence-electron chi connectivity index (χ1n) is 7.30. The molecule has 20 heavy (non-hydrogen) atoms. The molecule has 1 amide bonds. The van der Waals surface area contributed by atoms with E-state index in [-0.39, 0.29) is 18.4 Å². The van der Waals surface area contributed by atoms with Crippen molar-refractivity contribution in [2.24, 2.45) is 5.92 Å². The Morgan fingerprint density at radius 2 is 2.20 bits per heavy atom. The fraction of sp³-hybridized carbons (Fsp3) is 0.600. The number of pyridine rings is 1. The lowest BCUT2D eigenvalue weighted by Gasteiger charge is -2.20. The molecule has 1 atom stereocenters. The van der Waals surface area contributed by atoms with Crippen LogP contribution in [0.1, 0.15) is 30.6 Å². The monoisotopic (exact) mass is 277 g/mol. The summed E-state index contributed by atoms with van der Waals surface area (Å²) in [7, 11) is 0. The predicted molar refractivity (Wildman–Crippen MR) is 78.9 cm³/mol. The van der Waals surface area contributed by atoms with Crippen molar-refractivity contribution in [3.63, 3.8) is 0 Å². The van der Waals surface area contributed by atoms with Crippen molar-refractivity contribution in [2.45, 2.75) is 20.3 Å². The fourth-order valence-corrected chi connectivity index (χ4v) is 2.60. The summed E-state index contributed by atoms with van der Waals surface area (Å²) in [5.41, 5.74) is 0.625. The van der Waals surface area contributed by atoms with Gasteiger partial charge in [-0.2, -0.15) is 0 Å². The van der Waals surface area contributed by atoms with Gasteiger partial charge in [0.2, 0.25) is 0 Å². The van der Waals surface area contributed by atoms with Crippen LogP contribution >= 0.6 is 0 Å². The molecule has 1 aliphatic rings. The molecule has 0 bridgehead atoms. The van der Waals surface area contributed by atoms with Gasteiger partial charge in [-0.25, -0.2) is 4.98 Å².